The van der Waals surface area contributed by atoms with E-state index in [0.29, 0.717) is 12.8 Å². The summed E-state index contributed by atoms with van der Waals surface area (Å²) in [6.45, 7) is 3.44. The van der Waals surface area contributed by atoms with Gasteiger partial charge in [-0.05, 0) is 37.8 Å². The Bertz CT molecular complexity index is 671. The molecular weight excluding hydrogens is 294 g/mol. The van der Waals surface area contributed by atoms with Crippen LogP contribution in [-0.4, -0.2) is 40.9 Å². The van der Waals surface area contributed by atoms with Crippen molar-refractivity contribution in [2.45, 2.75) is 44.7 Å². The summed E-state index contributed by atoms with van der Waals surface area (Å²) in [5.41, 5.74) is 1.40. The normalized spacial score (nSPS) is 23.2. The van der Waals surface area contributed by atoms with Crippen molar-refractivity contribution < 1.29 is 14.4 Å². The van der Waals surface area contributed by atoms with E-state index in [9.17, 15) is 14.4 Å². The molecule has 1 saturated heterocycles. The first-order valence-corrected chi connectivity index (χ1v) is 7.91. The molecule has 122 valence electrons. The van der Waals surface area contributed by atoms with Gasteiger partial charge in [-0.25, -0.2) is 4.79 Å². The van der Waals surface area contributed by atoms with Gasteiger partial charge in [0.2, 0.25) is 5.91 Å². The Kier molecular flexibility index (Phi) is 3.83. The van der Waals surface area contributed by atoms with Crippen molar-refractivity contribution in [3.8, 4) is 0 Å². The molecule has 1 atom stereocenters. The number of nitrogens with one attached hydrogen (secondary N) is 2. The van der Waals surface area contributed by atoms with Crippen LogP contribution in [0.1, 0.15) is 31.4 Å². The number of nitrogens with zero attached hydrogens (tertiary/aromatic N) is 1. The minimum atomic E-state index is -0.899. The van der Waals surface area contributed by atoms with Crippen LogP contribution in [0.5, 0.6) is 0 Å². The summed E-state index contributed by atoms with van der Waals surface area (Å²) in [7, 11) is 0. The number of urea groups is 1. The van der Waals surface area contributed by atoms with E-state index in [1.807, 2.05) is 32.0 Å². The van der Waals surface area contributed by atoms with Crippen molar-refractivity contribution in [2.75, 3.05) is 6.54 Å². The monoisotopic (exact) mass is 315 g/mol. The standard InChI is InChI=1S/C17H21N3O3/c1-11(2)18-14(21)10-20-15(22)17(19-16(20)23)8-7-12-5-3-4-6-13(12)9-17/h3-6,11H,7-10H2,1-2H3,(H,18,21)(H,19,23). The minimum Gasteiger partial charge on any atom is -0.352 e. The molecule has 0 radical (unpaired) electrons. The highest BCUT2D eigenvalue weighted by Gasteiger charge is 2.52. The smallest absolute Gasteiger partial charge is 0.325 e. The molecule has 1 aromatic carbocycles. The Morgan fingerprint density at radius 3 is 2.70 bits per heavy atom. The van der Waals surface area contributed by atoms with Crippen LogP contribution >= 0.6 is 0 Å². The fourth-order valence-electron chi connectivity index (χ4n) is 3.36. The molecule has 23 heavy (non-hydrogen) atoms. The highest BCUT2D eigenvalue weighted by atomic mass is 16.2. The van der Waals surface area contributed by atoms with E-state index >= 15 is 0 Å². The van der Waals surface area contributed by atoms with Crippen LogP contribution in [-0.2, 0) is 22.4 Å². The molecule has 1 aliphatic heterocycles. The molecule has 1 aliphatic carbocycles. The fourth-order valence-corrected chi connectivity index (χ4v) is 3.36. The highest BCUT2D eigenvalue weighted by molar-refractivity contribution is 6.09. The van der Waals surface area contributed by atoms with E-state index in [1.165, 1.54) is 5.56 Å². The Hall–Kier alpha value is -2.37. The molecule has 6 heteroatoms. The van der Waals surface area contributed by atoms with Crippen LogP contribution < -0.4 is 10.6 Å². The Morgan fingerprint density at radius 1 is 1.30 bits per heavy atom. The summed E-state index contributed by atoms with van der Waals surface area (Å²) in [4.78, 5) is 37.9. The van der Waals surface area contributed by atoms with Crippen molar-refractivity contribution in [1.29, 1.82) is 0 Å². The van der Waals surface area contributed by atoms with E-state index < -0.39 is 11.6 Å². The maximum atomic E-state index is 12.8. The third-order valence-electron chi connectivity index (χ3n) is 4.43. The van der Waals surface area contributed by atoms with Crippen LogP contribution in [0.3, 0.4) is 0 Å². The topological polar surface area (TPSA) is 78.5 Å². The average molecular weight is 315 g/mol. The minimum absolute atomic E-state index is 0.0289. The Morgan fingerprint density at radius 2 is 2.00 bits per heavy atom. The second kappa shape index (κ2) is 5.68. The quantitative estimate of drug-likeness (QED) is 0.817. The zero-order valence-electron chi connectivity index (χ0n) is 13.4. The van der Waals surface area contributed by atoms with Gasteiger partial charge in [0, 0.05) is 12.5 Å². The Balaban J connectivity index is 1.78. The molecule has 1 heterocycles. The molecule has 2 aliphatic rings. The summed E-state index contributed by atoms with van der Waals surface area (Å²) in [6, 6.07) is 7.45. The number of fused-ring (bicyclic) bond motifs is 1. The number of hydrogen-bond donors (Lipinski definition) is 2. The number of imide groups is 1. The molecule has 3 rings (SSSR count). The van der Waals surface area contributed by atoms with E-state index in [-0.39, 0.29) is 24.4 Å². The van der Waals surface area contributed by atoms with Crippen molar-refractivity contribution in [2.24, 2.45) is 0 Å². The highest BCUT2D eigenvalue weighted by Crippen LogP contribution is 2.33. The number of carbonyl (C=O) groups is 3. The van der Waals surface area contributed by atoms with Crippen molar-refractivity contribution >= 4 is 17.8 Å². The summed E-state index contributed by atoms with van der Waals surface area (Å²) < 4.78 is 0. The van der Waals surface area contributed by atoms with Gasteiger partial charge >= 0.3 is 6.03 Å². The van der Waals surface area contributed by atoms with Crippen LogP contribution in [0.25, 0.3) is 0 Å². The van der Waals surface area contributed by atoms with Gasteiger partial charge in [-0.15, -0.1) is 0 Å². The predicted molar refractivity (Wildman–Crippen MR) is 84.7 cm³/mol. The van der Waals surface area contributed by atoms with Gasteiger partial charge in [0.05, 0.1) is 0 Å². The largest absolute Gasteiger partial charge is 0.352 e. The first-order chi connectivity index (χ1) is 10.9. The lowest BCUT2D eigenvalue weighted by Gasteiger charge is -2.32. The summed E-state index contributed by atoms with van der Waals surface area (Å²) in [5, 5.41) is 5.53. The molecule has 0 saturated carbocycles. The lowest BCUT2D eigenvalue weighted by molar-refractivity contribution is -0.135. The SMILES string of the molecule is CC(C)NC(=O)CN1C(=O)NC2(CCc3ccccc3C2)C1=O. The van der Waals surface area contributed by atoms with Gasteiger partial charge in [0.25, 0.3) is 5.91 Å². The second-order valence-corrected chi connectivity index (χ2v) is 6.57. The number of aryl methyl sites for hydroxylation is 1. The first-order valence-electron chi connectivity index (χ1n) is 7.91. The fraction of sp³-hybridized carbons (Fsp3) is 0.471. The zero-order chi connectivity index (χ0) is 16.6. The van der Waals surface area contributed by atoms with Crippen LogP contribution in [0, 0.1) is 0 Å². The molecular formula is C17H21N3O3. The molecule has 6 nitrogen and oxygen atoms in total. The third kappa shape index (κ3) is 2.81. The van der Waals surface area contributed by atoms with E-state index in [0.717, 1.165) is 16.9 Å². The molecule has 1 fully saturated rings. The maximum Gasteiger partial charge on any atom is 0.325 e. The van der Waals surface area contributed by atoms with Gasteiger partial charge in [-0.3, -0.25) is 14.5 Å². The van der Waals surface area contributed by atoms with E-state index in [1.54, 1.807) is 0 Å². The number of rotatable bonds is 3. The second-order valence-electron chi connectivity index (χ2n) is 6.57. The molecule has 1 aromatic rings. The number of hydrogen-bond acceptors (Lipinski definition) is 3. The average Bonchev–Trinajstić information content (AvgIpc) is 2.71. The van der Waals surface area contributed by atoms with Gasteiger partial charge in [0.15, 0.2) is 0 Å². The number of amides is 4. The third-order valence-corrected chi connectivity index (χ3v) is 4.43. The van der Waals surface area contributed by atoms with Gasteiger partial charge in [0.1, 0.15) is 12.1 Å². The van der Waals surface area contributed by atoms with Crippen LogP contribution in [0.2, 0.25) is 0 Å². The lowest BCUT2D eigenvalue weighted by Crippen LogP contribution is -2.51. The van der Waals surface area contributed by atoms with Crippen molar-refractivity contribution in [1.82, 2.24) is 15.5 Å². The summed E-state index contributed by atoms with van der Waals surface area (Å²) in [5.74, 6) is -0.618. The van der Waals surface area contributed by atoms with Gasteiger partial charge in [-0.1, -0.05) is 24.3 Å². The van der Waals surface area contributed by atoms with Crippen LogP contribution in [0.4, 0.5) is 4.79 Å². The molecule has 2 N–H and O–H groups in total. The number of carbonyl (C=O) groups excluding carboxylic acids is 3. The Labute approximate surface area is 135 Å². The van der Waals surface area contributed by atoms with Crippen LogP contribution in [0.15, 0.2) is 24.3 Å². The molecule has 1 spiro atoms. The molecule has 0 bridgehead atoms. The van der Waals surface area contributed by atoms with E-state index in [2.05, 4.69) is 16.7 Å². The maximum absolute atomic E-state index is 12.8. The first kappa shape index (κ1) is 15.5. The zero-order valence-corrected chi connectivity index (χ0v) is 13.4. The molecule has 4 amide bonds. The lowest BCUT2D eigenvalue weighted by atomic mass is 9.78. The van der Waals surface area contributed by atoms with Gasteiger partial charge < -0.3 is 10.6 Å². The predicted octanol–water partition coefficient (Wildman–Crippen LogP) is 0.990. The van der Waals surface area contributed by atoms with Crippen molar-refractivity contribution in [3.05, 3.63) is 35.4 Å². The van der Waals surface area contributed by atoms with Crippen molar-refractivity contribution in [3.63, 3.8) is 0 Å². The summed E-state index contributed by atoms with van der Waals surface area (Å²) in [6.07, 6.45) is 1.79. The molecule has 1 unspecified atom stereocenters. The number of benzene rings is 1. The molecule has 0 aromatic heterocycles. The van der Waals surface area contributed by atoms with E-state index in [4.69, 9.17) is 0 Å². The summed E-state index contributed by atoms with van der Waals surface area (Å²) >= 11 is 0. The van der Waals surface area contributed by atoms with Gasteiger partial charge in [-0.2, -0.15) is 0 Å².